The lowest BCUT2D eigenvalue weighted by Crippen LogP contribution is -2.33. The van der Waals surface area contributed by atoms with E-state index in [4.69, 9.17) is 9.98 Å². The molecule has 276 valence electrons. The Morgan fingerprint density at radius 1 is 0.407 bits per heavy atom. The van der Waals surface area contributed by atoms with Crippen LogP contribution in [0.4, 0.5) is 0 Å². The number of benzene rings is 10. The number of nitrogens with one attached hydrogen (secondary N) is 1. The van der Waals surface area contributed by atoms with Gasteiger partial charge in [-0.3, -0.25) is 0 Å². The average molecular weight is 753 g/mol. The zero-order chi connectivity index (χ0) is 38.9. The molecule has 0 bridgehead atoms. The number of aromatic nitrogens is 1. The molecule has 0 spiro atoms. The highest BCUT2D eigenvalue weighted by molar-refractivity contribution is 6.26. The second-order valence-electron chi connectivity index (χ2n) is 15.4. The van der Waals surface area contributed by atoms with Crippen LogP contribution >= 0.6 is 0 Å². The Labute approximate surface area is 341 Å². The Balaban J connectivity index is 1.01. The van der Waals surface area contributed by atoms with Crippen LogP contribution in [0, 0.1) is 0 Å². The van der Waals surface area contributed by atoms with Crippen molar-refractivity contribution in [3.05, 3.63) is 223 Å². The molecule has 1 atom stereocenters. The van der Waals surface area contributed by atoms with Gasteiger partial charge in [-0.05, 0) is 61.6 Å². The molecular formula is C55H36N4. The van der Waals surface area contributed by atoms with Crippen LogP contribution in [-0.2, 0) is 0 Å². The predicted octanol–water partition coefficient (Wildman–Crippen LogP) is 13.6. The first-order chi connectivity index (χ1) is 29.2. The van der Waals surface area contributed by atoms with Crippen LogP contribution in [0.2, 0.25) is 0 Å². The highest BCUT2D eigenvalue weighted by Gasteiger charge is 2.25. The third kappa shape index (κ3) is 5.45. The van der Waals surface area contributed by atoms with Crippen LogP contribution in [0.1, 0.15) is 22.9 Å². The summed E-state index contributed by atoms with van der Waals surface area (Å²) in [4.78, 5) is 10.5. The van der Waals surface area contributed by atoms with Crippen LogP contribution in [0.3, 0.4) is 0 Å². The first-order valence-corrected chi connectivity index (χ1v) is 20.2. The van der Waals surface area contributed by atoms with Gasteiger partial charge in [-0.15, -0.1) is 0 Å². The SMILES string of the molecule is c1ccc(C2=NC(c3ccc(-n4c5ccc6ccccc6c5c5ccc6ccccc6c54)c4ccccc34)NC(c3ccc(-c4ccc5ccccc5c4)cc3)=N2)cc1. The first kappa shape index (κ1) is 33.3. The van der Waals surface area contributed by atoms with Crippen molar-refractivity contribution in [2.45, 2.75) is 6.17 Å². The number of hydrogen-bond acceptors (Lipinski definition) is 3. The summed E-state index contributed by atoms with van der Waals surface area (Å²) < 4.78 is 2.49. The lowest BCUT2D eigenvalue weighted by atomic mass is 9.98. The fourth-order valence-corrected chi connectivity index (χ4v) is 9.20. The molecular weight excluding hydrogens is 717 g/mol. The zero-order valence-electron chi connectivity index (χ0n) is 32.0. The summed E-state index contributed by atoms with van der Waals surface area (Å²) in [6.07, 6.45) is -0.375. The smallest absolute Gasteiger partial charge is 0.159 e. The Hall–Kier alpha value is -7.82. The number of aliphatic imine (C=N–C) groups is 2. The monoisotopic (exact) mass is 752 g/mol. The van der Waals surface area contributed by atoms with Crippen molar-refractivity contribution in [3.63, 3.8) is 0 Å². The molecule has 10 aromatic carbocycles. The van der Waals surface area contributed by atoms with Gasteiger partial charge < -0.3 is 9.88 Å². The largest absolute Gasteiger partial charge is 0.344 e. The van der Waals surface area contributed by atoms with Crippen molar-refractivity contribution < 1.29 is 0 Å². The molecule has 0 amide bonds. The van der Waals surface area contributed by atoms with Crippen molar-refractivity contribution >= 4 is 76.6 Å². The van der Waals surface area contributed by atoms with Gasteiger partial charge in [0.1, 0.15) is 12.0 Å². The molecule has 12 rings (SSSR count). The van der Waals surface area contributed by atoms with Gasteiger partial charge in [-0.2, -0.15) is 0 Å². The summed E-state index contributed by atoms with van der Waals surface area (Å²) in [5, 5.41) is 16.0. The summed E-state index contributed by atoms with van der Waals surface area (Å²) in [7, 11) is 0. The van der Waals surface area contributed by atoms with Gasteiger partial charge in [0.25, 0.3) is 0 Å². The maximum absolute atomic E-state index is 5.32. The third-order valence-corrected chi connectivity index (χ3v) is 12.0. The minimum atomic E-state index is -0.375. The van der Waals surface area contributed by atoms with E-state index in [0.717, 1.165) is 44.5 Å². The van der Waals surface area contributed by atoms with E-state index in [1.165, 1.54) is 59.7 Å². The van der Waals surface area contributed by atoms with E-state index in [9.17, 15) is 0 Å². The standard InChI is InChI=1S/C55H36N4/c1-2-15-39(16-3-1)53-56-54(40-25-22-36(23-26-40)42-27-24-35-12-4-5-17-41(35)34-42)58-55(57-53)47-31-33-49(46-21-11-10-20-45(46)47)59-50-32-29-37-13-6-8-18-43(37)51(50)48-30-28-38-14-7-9-19-44(38)52(48)59/h1-34,55H,(H,56,57,58). The highest BCUT2D eigenvalue weighted by Crippen LogP contribution is 2.42. The van der Waals surface area contributed by atoms with E-state index in [1.807, 2.05) is 18.2 Å². The average Bonchev–Trinajstić information content (AvgIpc) is 3.66. The summed E-state index contributed by atoms with van der Waals surface area (Å²) in [5.41, 5.74) is 8.98. The second kappa shape index (κ2) is 13.4. The molecule has 1 aliphatic heterocycles. The number of rotatable bonds is 5. The molecule has 0 fully saturated rings. The van der Waals surface area contributed by atoms with E-state index in [2.05, 4.69) is 198 Å². The number of nitrogens with zero attached hydrogens (tertiary/aromatic N) is 3. The molecule has 0 aliphatic carbocycles. The van der Waals surface area contributed by atoms with Crippen molar-refractivity contribution in [2.75, 3.05) is 0 Å². The van der Waals surface area contributed by atoms with Crippen LogP contribution in [0.15, 0.2) is 216 Å². The van der Waals surface area contributed by atoms with Gasteiger partial charge in [0.15, 0.2) is 5.84 Å². The van der Waals surface area contributed by atoms with Crippen molar-refractivity contribution in [3.8, 4) is 16.8 Å². The van der Waals surface area contributed by atoms with Gasteiger partial charge in [0.05, 0.1) is 16.7 Å². The molecule has 1 aliphatic rings. The van der Waals surface area contributed by atoms with Crippen LogP contribution in [-0.4, -0.2) is 16.2 Å². The third-order valence-electron chi connectivity index (χ3n) is 12.0. The number of amidine groups is 2. The quantitative estimate of drug-likeness (QED) is 0.187. The minimum Gasteiger partial charge on any atom is -0.344 e. The van der Waals surface area contributed by atoms with E-state index < -0.39 is 0 Å². The fourth-order valence-electron chi connectivity index (χ4n) is 9.20. The Bertz CT molecular complexity index is 3520. The van der Waals surface area contributed by atoms with E-state index in [-0.39, 0.29) is 6.17 Å². The predicted molar refractivity (Wildman–Crippen MR) is 248 cm³/mol. The van der Waals surface area contributed by atoms with Crippen molar-refractivity contribution in [2.24, 2.45) is 9.98 Å². The van der Waals surface area contributed by atoms with Crippen molar-refractivity contribution in [1.29, 1.82) is 0 Å². The molecule has 4 nitrogen and oxygen atoms in total. The lowest BCUT2D eigenvalue weighted by molar-refractivity contribution is 0.679. The Morgan fingerprint density at radius 3 is 1.83 bits per heavy atom. The minimum absolute atomic E-state index is 0.375. The maximum atomic E-state index is 5.32. The summed E-state index contributed by atoms with van der Waals surface area (Å²) in [6, 6.07) is 74.1. The van der Waals surface area contributed by atoms with Gasteiger partial charge in [0, 0.05) is 38.2 Å². The summed E-state index contributed by atoms with van der Waals surface area (Å²) >= 11 is 0. The van der Waals surface area contributed by atoms with Crippen LogP contribution in [0.5, 0.6) is 0 Å². The Morgan fingerprint density at radius 2 is 1.02 bits per heavy atom. The lowest BCUT2D eigenvalue weighted by Gasteiger charge is -2.25. The van der Waals surface area contributed by atoms with E-state index in [1.54, 1.807) is 0 Å². The van der Waals surface area contributed by atoms with Gasteiger partial charge >= 0.3 is 0 Å². The van der Waals surface area contributed by atoms with Gasteiger partial charge in [-0.25, -0.2) is 9.98 Å². The molecule has 0 radical (unpaired) electrons. The molecule has 1 unspecified atom stereocenters. The van der Waals surface area contributed by atoms with Crippen molar-refractivity contribution in [1.82, 2.24) is 9.88 Å². The molecule has 0 saturated heterocycles. The number of hydrogen-bond donors (Lipinski definition) is 1. The van der Waals surface area contributed by atoms with Gasteiger partial charge in [0.2, 0.25) is 0 Å². The van der Waals surface area contributed by atoms with E-state index in [0.29, 0.717) is 5.84 Å². The first-order valence-electron chi connectivity index (χ1n) is 20.2. The number of fused-ring (bicyclic) bond motifs is 9. The maximum Gasteiger partial charge on any atom is 0.159 e. The summed E-state index contributed by atoms with van der Waals surface area (Å²) in [5.74, 6) is 1.50. The van der Waals surface area contributed by atoms with E-state index >= 15 is 0 Å². The summed E-state index contributed by atoms with van der Waals surface area (Å²) in [6.45, 7) is 0. The molecule has 2 heterocycles. The van der Waals surface area contributed by atoms with Crippen LogP contribution in [0.25, 0.3) is 81.7 Å². The van der Waals surface area contributed by atoms with Crippen LogP contribution < -0.4 is 5.32 Å². The molecule has 0 saturated carbocycles. The van der Waals surface area contributed by atoms with Gasteiger partial charge in [-0.1, -0.05) is 188 Å². The molecule has 1 aromatic heterocycles. The molecule has 4 heteroatoms. The fraction of sp³-hybridized carbons (Fsp3) is 0.0182. The Kier molecular flexibility index (Phi) is 7.57. The zero-order valence-corrected chi connectivity index (χ0v) is 32.0. The molecule has 59 heavy (non-hydrogen) atoms. The second-order valence-corrected chi connectivity index (χ2v) is 15.4. The molecule has 1 N–H and O–H groups in total. The normalized spacial score (nSPS) is 14.3. The molecule has 11 aromatic rings. The topological polar surface area (TPSA) is 41.7 Å². The highest BCUT2D eigenvalue weighted by atomic mass is 15.2.